The Balaban J connectivity index is 1.22. The van der Waals surface area contributed by atoms with Crippen LogP contribution < -0.4 is 16.6 Å². The molecule has 1 aromatic carbocycles. The van der Waals surface area contributed by atoms with Gasteiger partial charge in [-0.1, -0.05) is 37.5 Å². The first kappa shape index (κ1) is 27.2. The standard InChI is InChI=1S/C31H37FN4O3S/c32-21-18-27-28(33-19-21)35(24-14-16-40-17-15-24)31(39)36(30(27)38)23-12-10-22(11-13-23)34-29(37)26-9-5-4-8-25(26)20-6-2-1-3-7-20/h4-5,8-9,18-20,22-24H,1-3,6-7,10-17H2,(H,34,37)/t22-,23+. The molecule has 1 saturated heterocycles. The summed E-state index contributed by atoms with van der Waals surface area (Å²) >= 11 is 1.86. The maximum absolute atomic E-state index is 14.2. The lowest BCUT2D eigenvalue weighted by molar-refractivity contribution is 0.0920. The van der Waals surface area contributed by atoms with Crippen molar-refractivity contribution in [1.29, 1.82) is 0 Å². The summed E-state index contributed by atoms with van der Waals surface area (Å²) in [5.41, 5.74) is 1.39. The summed E-state index contributed by atoms with van der Waals surface area (Å²) in [4.78, 5) is 44.9. The molecular weight excluding hydrogens is 527 g/mol. The van der Waals surface area contributed by atoms with E-state index in [1.807, 2.05) is 30.0 Å². The Hall–Kier alpha value is -2.94. The summed E-state index contributed by atoms with van der Waals surface area (Å²) in [6.45, 7) is 0. The van der Waals surface area contributed by atoms with E-state index in [1.165, 1.54) is 29.9 Å². The number of carbonyl (C=O) groups is 1. The molecule has 3 aliphatic rings. The molecule has 2 saturated carbocycles. The summed E-state index contributed by atoms with van der Waals surface area (Å²) < 4.78 is 17.2. The molecule has 212 valence electrons. The van der Waals surface area contributed by atoms with Crippen LogP contribution in [0.2, 0.25) is 0 Å². The van der Waals surface area contributed by atoms with E-state index in [0.29, 0.717) is 31.6 Å². The molecule has 0 bridgehead atoms. The van der Waals surface area contributed by atoms with Crippen LogP contribution in [0, 0.1) is 5.82 Å². The van der Waals surface area contributed by atoms with Crippen LogP contribution in [0.5, 0.6) is 0 Å². The molecule has 1 aliphatic heterocycles. The van der Waals surface area contributed by atoms with Crippen molar-refractivity contribution in [2.75, 3.05) is 11.5 Å². The Kier molecular flexibility index (Phi) is 8.10. The normalized spacial score (nSPS) is 22.8. The number of pyridine rings is 1. The highest BCUT2D eigenvalue weighted by Gasteiger charge is 2.30. The van der Waals surface area contributed by atoms with Crippen molar-refractivity contribution in [3.63, 3.8) is 0 Å². The molecule has 2 aliphatic carbocycles. The molecule has 40 heavy (non-hydrogen) atoms. The van der Waals surface area contributed by atoms with E-state index in [-0.39, 0.29) is 40.8 Å². The van der Waals surface area contributed by atoms with Crippen molar-refractivity contribution in [2.45, 2.75) is 94.7 Å². The summed E-state index contributed by atoms with van der Waals surface area (Å²) in [5, 5.41) is 3.40. The fourth-order valence-corrected chi connectivity index (χ4v) is 8.10. The second kappa shape index (κ2) is 11.9. The number of benzene rings is 1. The summed E-state index contributed by atoms with van der Waals surface area (Å²) in [7, 11) is 0. The SMILES string of the molecule is O=C(N[C@H]1CC[C@@H](n2c(=O)c3cc(F)cnc3n(C3CCSCC3)c2=O)CC1)c1ccccc1C1CCCCC1. The van der Waals surface area contributed by atoms with Gasteiger partial charge in [-0.3, -0.25) is 18.7 Å². The van der Waals surface area contributed by atoms with Gasteiger partial charge in [0.1, 0.15) is 11.5 Å². The van der Waals surface area contributed by atoms with Crippen molar-refractivity contribution in [3.8, 4) is 0 Å². The predicted octanol–water partition coefficient (Wildman–Crippen LogP) is 5.73. The Morgan fingerprint density at radius 2 is 1.60 bits per heavy atom. The van der Waals surface area contributed by atoms with Crippen molar-refractivity contribution in [1.82, 2.24) is 19.4 Å². The van der Waals surface area contributed by atoms with Gasteiger partial charge in [0, 0.05) is 23.7 Å². The molecule has 7 nitrogen and oxygen atoms in total. The molecule has 0 spiro atoms. The van der Waals surface area contributed by atoms with Gasteiger partial charge in [-0.15, -0.1) is 0 Å². The number of hydrogen-bond acceptors (Lipinski definition) is 5. The second-order valence-electron chi connectivity index (χ2n) is 11.6. The van der Waals surface area contributed by atoms with Crippen LogP contribution in [0.1, 0.15) is 105 Å². The molecule has 3 fully saturated rings. The fraction of sp³-hybridized carbons (Fsp3) is 0.548. The molecule has 6 rings (SSSR count). The van der Waals surface area contributed by atoms with Crippen LogP contribution in [0.15, 0.2) is 46.1 Å². The van der Waals surface area contributed by atoms with Crippen LogP contribution in [0.25, 0.3) is 11.0 Å². The average Bonchev–Trinajstić information content (AvgIpc) is 2.99. The van der Waals surface area contributed by atoms with Gasteiger partial charge in [0.2, 0.25) is 0 Å². The maximum Gasteiger partial charge on any atom is 0.333 e. The zero-order chi connectivity index (χ0) is 27.6. The first-order chi connectivity index (χ1) is 19.5. The van der Waals surface area contributed by atoms with Gasteiger partial charge in [0.05, 0.1) is 11.6 Å². The van der Waals surface area contributed by atoms with Gasteiger partial charge in [-0.05, 0) is 86.5 Å². The number of aromatic nitrogens is 3. The Morgan fingerprint density at radius 1 is 0.900 bits per heavy atom. The molecule has 9 heteroatoms. The van der Waals surface area contributed by atoms with E-state index in [1.54, 1.807) is 4.57 Å². The number of hydrogen-bond donors (Lipinski definition) is 1. The topological polar surface area (TPSA) is 86.0 Å². The summed E-state index contributed by atoms with van der Waals surface area (Å²) in [6.07, 6.45) is 11.2. The Labute approximate surface area is 237 Å². The van der Waals surface area contributed by atoms with Crippen LogP contribution in [0.4, 0.5) is 4.39 Å². The van der Waals surface area contributed by atoms with Crippen LogP contribution >= 0.6 is 11.8 Å². The van der Waals surface area contributed by atoms with Gasteiger partial charge in [-0.2, -0.15) is 11.8 Å². The monoisotopic (exact) mass is 564 g/mol. The van der Waals surface area contributed by atoms with Crippen LogP contribution in [-0.2, 0) is 0 Å². The zero-order valence-electron chi connectivity index (χ0n) is 22.8. The van der Waals surface area contributed by atoms with Crippen molar-refractivity contribution >= 4 is 28.7 Å². The van der Waals surface area contributed by atoms with E-state index >= 15 is 0 Å². The predicted molar refractivity (Wildman–Crippen MR) is 157 cm³/mol. The summed E-state index contributed by atoms with van der Waals surface area (Å²) in [6, 6.07) is 8.83. The number of carbonyl (C=O) groups excluding carboxylic acids is 1. The van der Waals surface area contributed by atoms with E-state index in [0.717, 1.165) is 54.5 Å². The number of nitrogens with zero attached hydrogens (tertiary/aromatic N) is 3. The number of rotatable bonds is 5. The molecule has 3 aromatic rings. The van der Waals surface area contributed by atoms with Crippen LogP contribution in [0.3, 0.4) is 0 Å². The highest BCUT2D eigenvalue weighted by Crippen LogP contribution is 2.35. The Bertz CT molecular complexity index is 1500. The lowest BCUT2D eigenvalue weighted by Gasteiger charge is -2.32. The van der Waals surface area contributed by atoms with Gasteiger partial charge >= 0.3 is 5.69 Å². The molecule has 3 heterocycles. The van der Waals surface area contributed by atoms with E-state index in [9.17, 15) is 18.8 Å². The summed E-state index contributed by atoms with van der Waals surface area (Å²) in [5.74, 6) is 1.70. The van der Waals surface area contributed by atoms with Gasteiger partial charge < -0.3 is 5.32 Å². The van der Waals surface area contributed by atoms with E-state index in [4.69, 9.17) is 0 Å². The molecule has 2 aromatic heterocycles. The fourth-order valence-electron chi connectivity index (χ4n) is 7.01. The van der Waals surface area contributed by atoms with Crippen LogP contribution in [-0.4, -0.2) is 37.6 Å². The largest absolute Gasteiger partial charge is 0.349 e. The third kappa shape index (κ3) is 5.37. The van der Waals surface area contributed by atoms with Crippen molar-refractivity contribution < 1.29 is 9.18 Å². The lowest BCUT2D eigenvalue weighted by atomic mass is 9.82. The van der Waals surface area contributed by atoms with E-state index in [2.05, 4.69) is 16.4 Å². The molecular formula is C31H37FN4O3S. The first-order valence-corrected chi connectivity index (χ1v) is 16.0. The third-order valence-electron chi connectivity index (χ3n) is 9.13. The Morgan fingerprint density at radius 3 is 2.35 bits per heavy atom. The van der Waals surface area contributed by atoms with E-state index < -0.39 is 11.4 Å². The van der Waals surface area contributed by atoms with Crippen molar-refractivity contribution in [3.05, 3.63) is 74.3 Å². The van der Waals surface area contributed by atoms with Gasteiger partial charge in [0.15, 0.2) is 0 Å². The molecule has 1 amide bonds. The van der Waals surface area contributed by atoms with Crippen molar-refractivity contribution in [2.24, 2.45) is 0 Å². The number of thioether (sulfide) groups is 1. The molecule has 0 radical (unpaired) electrons. The average molecular weight is 565 g/mol. The molecule has 0 atom stereocenters. The maximum atomic E-state index is 14.2. The highest BCUT2D eigenvalue weighted by molar-refractivity contribution is 7.99. The number of halogens is 1. The number of amides is 1. The molecule has 1 N–H and O–H groups in total. The minimum atomic E-state index is -0.583. The lowest BCUT2D eigenvalue weighted by Crippen LogP contribution is -2.46. The van der Waals surface area contributed by atoms with Gasteiger partial charge in [0.25, 0.3) is 11.5 Å². The second-order valence-corrected chi connectivity index (χ2v) is 12.8. The quantitative estimate of drug-likeness (QED) is 0.428. The number of nitrogens with one attached hydrogen (secondary N) is 1. The zero-order valence-corrected chi connectivity index (χ0v) is 23.6. The third-order valence-corrected chi connectivity index (χ3v) is 10.2. The smallest absolute Gasteiger partial charge is 0.333 e. The van der Waals surface area contributed by atoms with Gasteiger partial charge in [-0.25, -0.2) is 14.2 Å². The minimum absolute atomic E-state index is 0.0176. The highest BCUT2D eigenvalue weighted by atomic mass is 32.2. The minimum Gasteiger partial charge on any atom is -0.349 e. The molecule has 0 unspecified atom stereocenters. The number of fused-ring (bicyclic) bond motifs is 1. The first-order valence-electron chi connectivity index (χ1n) is 14.8.